The number of aromatic nitrogens is 2. The van der Waals surface area contributed by atoms with Gasteiger partial charge >= 0.3 is 6.36 Å². The summed E-state index contributed by atoms with van der Waals surface area (Å²) in [5, 5.41) is 15.1. The van der Waals surface area contributed by atoms with Crippen LogP contribution in [0.1, 0.15) is 11.3 Å². The van der Waals surface area contributed by atoms with Crippen molar-refractivity contribution in [1.82, 2.24) is 9.72 Å². The number of nitrogens with zero attached hydrogens (tertiary/aromatic N) is 2. The summed E-state index contributed by atoms with van der Waals surface area (Å²) < 4.78 is 55.9. The van der Waals surface area contributed by atoms with Gasteiger partial charge in [-0.1, -0.05) is 17.3 Å². The number of phenols is 1. The number of halogens is 3. The van der Waals surface area contributed by atoms with Gasteiger partial charge in [-0.05, 0) is 61.9 Å². The van der Waals surface area contributed by atoms with Crippen LogP contribution in [-0.2, 0) is 0 Å². The summed E-state index contributed by atoms with van der Waals surface area (Å²) in [5.74, 6) is 0.704. The minimum absolute atomic E-state index is 0.00662. The van der Waals surface area contributed by atoms with Gasteiger partial charge in [-0.15, -0.1) is 13.2 Å². The van der Waals surface area contributed by atoms with Crippen LogP contribution in [-0.4, -0.2) is 21.2 Å². The number of hydrogen-bond donors (Lipinski definition) is 1. The smallest absolute Gasteiger partial charge is 0.508 e. The Balaban J connectivity index is 1.74. The first-order valence-corrected chi connectivity index (χ1v) is 9.94. The van der Waals surface area contributed by atoms with Gasteiger partial charge in [0.05, 0.1) is 16.6 Å². The molecular formula is C24H17F3N2O4. The van der Waals surface area contributed by atoms with E-state index in [2.05, 4.69) is 9.89 Å². The Morgan fingerprint density at radius 3 is 2.52 bits per heavy atom. The van der Waals surface area contributed by atoms with E-state index in [1.165, 1.54) is 30.3 Å². The van der Waals surface area contributed by atoms with Crippen molar-refractivity contribution < 1.29 is 32.3 Å². The Hall–Kier alpha value is -4.14. The Labute approximate surface area is 185 Å². The van der Waals surface area contributed by atoms with Crippen LogP contribution in [0.2, 0.25) is 0 Å². The molecule has 0 fully saturated rings. The molecular weight excluding hydrogens is 437 g/mol. The number of fused-ring (bicyclic) bond motifs is 2. The zero-order chi connectivity index (χ0) is 23.3. The largest absolute Gasteiger partial charge is 0.573 e. The molecule has 0 aliphatic rings. The number of rotatable bonds is 4. The van der Waals surface area contributed by atoms with Crippen molar-refractivity contribution in [3.63, 3.8) is 0 Å². The van der Waals surface area contributed by atoms with Crippen LogP contribution in [0.15, 0.2) is 65.2 Å². The van der Waals surface area contributed by atoms with Gasteiger partial charge in [-0.3, -0.25) is 4.57 Å². The zero-order valence-corrected chi connectivity index (χ0v) is 17.5. The van der Waals surface area contributed by atoms with E-state index in [1.54, 1.807) is 23.6 Å². The Morgan fingerprint density at radius 2 is 1.76 bits per heavy atom. The molecule has 0 aliphatic carbocycles. The number of aryl methyl sites for hydroxylation is 1. The monoisotopic (exact) mass is 454 g/mol. The molecule has 3 aromatic carbocycles. The van der Waals surface area contributed by atoms with Crippen LogP contribution in [0.5, 0.6) is 23.0 Å². The van der Waals surface area contributed by atoms with Crippen molar-refractivity contribution >= 4 is 21.9 Å². The van der Waals surface area contributed by atoms with Gasteiger partial charge in [-0.25, -0.2) is 0 Å². The molecule has 0 amide bonds. The highest BCUT2D eigenvalue weighted by Crippen LogP contribution is 2.41. The molecule has 6 nitrogen and oxygen atoms in total. The molecule has 0 bridgehead atoms. The van der Waals surface area contributed by atoms with Crippen LogP contribution in [0.3, 0.4) is 0 Å². The van der Waals surface area contributed by atoms with E-state index in [4.69, 9.17) is 9.26 Å². The summed E-state index contributed by atoms with van der Waals surface area (Å²) in [4.78, 5) is 0. The van der Waals surface area contributed by atoms with Gasteiger partial charge in [0.25, 0.3) is 0 Å². The fraction of sp³-hybridized carbons (Fsp3) is 0.125. The summed E-state index contributed by atoms with van der Waals surface area (Å²) >= 11 is 0. The highest BCUT2D eigenvalue weighted by Gasteiger charge is 2.32. The molecule has 0 aliphatic heterocycles. The standard InChI is InChI=1S/C24H17F3N2O4/c1-13-6-8-18-21(10-13)33-28-23(18)29-14(2)22(31-16-5-3-4-15(30)11-16)19-12-17(7-9-20(19)29)32-24(25,26)27/h3-12,30H,1-2H3. The first-order valence-electron chi connectivity index (χ1n) is 9.94. The summed E-state index contributed by atoms with van der Waals surface area (Å²) in [7, 11) is 0. The quantitative estimate of drug-likeness (QED) is 0.324. The number of phenolic OH excluding ortho intramolecular Hbond substituents is 1. The van der Waals surface area contributed by atoms with E-state index >= 15 is 0 Å². The Bertz CT molecular complexity index is 1500. The number of benzene rings is 3. The second-order valence-corrected chi connectivity index (χ2v) is 7.58. The van der Waals surface area contributed by atoms with E-state index in [0.29, 0.717) is 39.5 Å². The molecule has 2 aromatic heterocycles. The third-order valence-electron chi connectivity index (χ3n) is 5.21. The van der Waals surface area contributed by atoms with E-state index in [1.807, 2.05) is 25.1 Å². The zero-order valence-electron chi connectivity index (χ0n) is 17.5. The van der Waals surface area contributed by atoms with Crippen LogP contribution in [0, 0.1) is 13.8 Å². The number of ether oxygens (including phenoxy) is 2. The van der Waals surface area contributed by atoms with Gasteiger partial charge in [0, 0.05) is 11.5 Å². The average Bonchev–Trinajstić information content (AvgIpc) is 3.25. The lowest BCUT2D eigenvalue weighted by Gasteiger charge is -2.09. The minimum Gasteiger partial charge on any atom is -0.508 e. The molecule has 1 N–H and O–H groups in total. The second kappa shape index (κ2) is 7.47. The van der Waals surface area contributed by atoms with E-state index in [0.717, 1.165) is 10.9 Å². The highest BCUT2D eigenvalue weighted by molar-refractivity contribution is 5.94. The fourth-order valence-corrected chi connectivity index (χ4v) is 3.83. The molecule has 168 valence electrons. The maximum absolute atomic E-state index is 12.8. The normalized spacial score (nSPS) is 11.9. The van der Waals surface area contributed by atoms with Crippen molar-refractivity contribution in [2.24, 2.45) is 0 Å². The van der Waals surface area contributed by atoms with Crippen LogP contribution >= 0.6 is 0 Å². The molecule has 33 heavy (non-hydrogen) atoms. The summed E-state index contributed by atoms with van der Waals surface area (Å²) in [6.07, 6.45) is -4.84. The van der Waals surface area contributed by atoms with E-state index in [9.17, 15) is 18.3 Å². The lowest BCUT2D eigenvalue weighted by atomic mass is 10.2. The second-order valence-electron chi connectivity index (χ2n) is 7.58. The molecule has 0 radical (unpaired) electrons. The molecule has 0 atom stereocenters. The molecule has 5 rings (SSSR count). The Morgan fingerprint density at radius 1 is 0.939 bits per heavy atom. The lowest BCUT2D eigenvalue weighted by molar-refractivity contribution is -0.274. The summed E-state index contributed by atoms with van der Waals surface area (Å²) in [6.45, 7) is 3.69. The van der Waals surface area contributed by atoms with Crippen molar-refractivity contribution in [3.05, 3.63) is 71.9 Å². The molecule has 0 spiro atoms. The molecule has 0 saturated carbocycles. The average molecular weight is 454 g/mol. The van der Waals surface area contributed by atoms with Crippen molar-refractivity contribution in [2.45, 2.75) is 20.2 Å². The van der Waals surface area contributed by atoms with Crippen molar-refractivity contribution in [2.75, 3.05) is 0 Å². The highest BCUT2D eigenvalue weighted by atomic mass is 19.4. The summed E-state index contributed by atoms with van der Waals surface area (Å²) in [5.41, 5.74) is 2.71. The number of aromatic hydroxyl groups is 1. The molecule has 9 heteroatoms. The van der Waals surface area contributed by atoms with Gasteiger partial charge in [0.2, 0.25) is 0 Å². The fourth-order valence-electron chi connectivity index (χ4n) is 3.83. The molecule has 2 heterocycles. The van der Waals surface area contributed by atoms with E-state index in [-0.39, 0.29) is 11.5 Å². The topological polar surface area (TPSA) is 69.7 Å². The van der Waals surface area contributed by atoms with Crippen molar-refractivity contribution in [3.8, 4) is 28.8 Å². The Kier molecular flexibility index (Phi) is 4.70. The van der Waals surface area contributed by atoms with Gasteiger partial charge in [0.1, 0.15) is 17.2 Å². The van der Waals surface area contributed by atoms with Crippen LogP contribution in [0.4, 0.5) is 13.2 Å². The van der Waals surface area contributed by atoms with Crippen molar-refractivity contribution in [1.29, 1.82) is 0 Å². The number of hydrogen-bond acceptors (Lipinski definition) is 5. The third-order valence-corrected chi connectivity index (χ3v) is 5.21. The predicted molar refractivity (Wildman–Crippen MR) is 115 cm³/mol. The number of alkyl halides is 3. The SMILES string of the molecule is Cc1ccc2c(-n3c(C)c(Oc4cccc(O)c4)c4cc(OC(F)(F)F)ccc43)noc2c1. The first kappa shape index (κ1) is 20.7. The molecule has 0 saturated heterocycles. The van der Waals surface area contributed by atoms with Gasteiger partial charge in [0.15, 0.2) is 17.2 Å². The van der Waals surface area contributed by atoms with Crippen LogP contribution < -0.4 is 9.47 Å². The van der Waals surface area contributed by atoms with Gasteiger partial charge < -0.3 is 19.1 Å². The van der Waals surface area contributed by atoms with Gasteiger partial charge in [-0.2, -0.15) is 0 Å². The molecule has 0 unspecified atom stereocenters. The maximum atomic E-state index is 12.8. The summed E-state index contributed by atoms with van der Waals surface area (Å²) in [6, 6.07) is 15.8. The lowest BCUT2D eigenvalue weighted by Crippen LogP contribution is -2.17. The first-order chi connectivity index (χ1) is 15.7. The maximum Gasteiger partial charge on any atom is 0.573 e. The predicted octanol–water partition coefficient (Wildman–Crippen LogP) is 6.79. The third kappa shape index (κ3) is 3.82. The van der Waals surface area contributed by atoms with Crippen LogP contribution in [0.25, 0.3) is 27.7 Å². The molecule has 5 aromatic rings. The minimum atomic E-state index is -4.84. The van der Waals surface area contributed by atoms with E-state index < -0.39 is 6.36 Å².